The number of nitrogens with zero attached hydrogens (tertiary/aromatic N) is 1. The molecular formula is C14H17BrN2O. The molecule has 0 saturated heterocycles. The minimum atomic E-state index is -0.108. The second kappa shape index (κ2) is 6.21. The van der Waals surface area contributed by atoms with Gasteiger partial charge in [-0.05, 0) is 49.8 Å². The standard InChI is InChI=1S/C14H17BrN2O/c15-12-3-6-14(11(7-12)8-16)17-9-10-1-4-13(18)5-2-10/h3,6-7,10,13,17-18H,1-2,4-5,9H2. The van der Waals surface area contributed by atoms with Gasteiger partial charge >= 0.3 is 0 Å². The van der Waals surface area contributed by atoms with E-state index in [-0.39, 0.29) is 6.10 Å². The summed E-state index contributed by atoms with van der Waals surface area (Å²) < 4.78 is 0.922. The summed E-state index contributed by atoms with van der Waals surface area (Å²) >= 11 is 3.36. The van der Waals surface area contributed by atoms with Crippen molar-refractivity contribution in [2.75, 3.05) is 11.9 Å². The molecule has 0 heterocycles. The first kappa shape index (κ1) is 13.4. The van der Waals surface area contributed by atoms with Crippen molar-refractivity contribution in [2.24, 2.45) is 5.92 Å². The molecule has 0 radical (unpaired) electrons. The lowest BCUT2D eigenvalue weighted by Crippen LogP contribution is -2.23. The molecule has 0 spiro atoms. The molecular weight excluding hydrogens is 292 g/mol. The van der Waals surface area contributed by atoms with Crippen LogP contribution in [-0.2, 0) is 0 Å². The fraction of sp³-hybridized carbons (Fsp3) is 0.500. The topological polar surface area (TPSA) is 56.0 Å². The summed E-state index contributed by atoms with van der Waals surface area (Å²) in [5, 5.41) is 21.9. The van der Waals surface area contributed by atoms with Crippen LogP contribution in [0.3, 0.4) is 0 Å². The number of hydrogen-bond acceptors (Lipinski definition) is 3. The lowest BCUT2D eigenvalue weighted by Gasteiger charge is -2.26. The molecule has 18 heavy (non-hydrogen) atoms. The smallest absolute Gasteiger partial charge is 0.101 e. The fourth-order valence-electron chi connectivity index (χ4n) is 2.37. The van der Waals surface area contributed by atoms with Gasteiger partial charge in [0, 0.05) is 11.0 Å². The van der Waals surface area contributed by atoms with Crippen LogP contribution in [0, 0.1) is 17.2 Å². The van der Waals surface area contributed by atoms with Crippen molar-refractivity contribution in [1.82, 2.24) is 0 Å². The molecule has 1 aromatic rings. The predicted molar refractivity (Wildman–Crippen MR) is 75.3 cm³/mol. The molecule has 0 bridgehead atoms. The van der Waals surface area contributed by atoms with Crippen LogP contribution in [0.25, 0.3) is 0 Å². The van der Waals surface area contributed by atoms with E-state index in [9.17, 15) is 5.11 Å². The Kier molecular flexibility index (Phi) is 4.62. The number of anilines is 1. The highest BCUT2D eigenvalue weighted by Crippen LogP contribution is 2.26. The lowest BCUT2D eigenvalue weighted by molar-refractivity contribution is 0.111. The quantitative estimate of drug-likeness (QED) is 0.901. The molecule has 4 heteroatoms. The number of aliphatic hydroxyl groups is 1. The number of benzene rings is 1. The Morgan fingerprint density at radius 3 is 2.72 bits per heavy atom. The third-order valence-corrected chi connectivity index (χ3v) is 3.99. The molecule has 3 nitrogen and oxygen atoms in total. The van der Waals surface area contributed by atoms with E-state index in [1.54, 1.807) is 0 Å². The van der Waals surface area contributed by atoms with Crippen LogP contribution >= 0.6 is 15.9 Å². The Morgan fingerprint density at radius 1 is 1.33 bits per heavy atom. The van der Waals surface area contributed by atoms with Crippen LogP contribution in [0.15, 0.2) is 22.7 Å². The molecule has 1 aromatic carbocycles. The first-order valence-corrected chi connectivity index (χ1v) is 7.10. The number of nitriles is 1. The fourth-order valence-corrected chi connectivity index (χ4v) is 2.73. The first-order valence-electron chi connectivity index (χ1n) is 6.30. The summed E-state index contributed by atoms with van der Waals surface area (Å²) in [5.41, 5.74) is 1.56. The lowest BCUT2D eigenvalue weighted by atomic mass is 9.87. The summed E-state index contributed by atoms with van der Waals surface area (Å²) in [6.07, 6.45) is 3.82. The van der Waals surface area contributed by atoms with Gasteiger partial charge in [0.2, 0.25) is 0 Å². The van der Waals surface area contributed by atoms with Crippen molar-refractivity contribution in [3.8, 4) is 6.07 Å². The average molecular weight is 309 g/mol. The maximum atomic E-state index is 9.46. The number of aliphatic hydroxyl groups excluding tert-OH is 1. The van der Waals surface area contributed by atoms with Gasteiger partial charge in [-0.15, -0.1) is 0 Å². The molecule has 1 aliphatic rings. The van der Waals surface area contributed by atoms with E-state index in [4.69, 9.17) is 5.26 Å². The van der Waals surface area contributed by atoms with Crippen molar-refractivity contribution in [3.63, 3.8) is 0 Å². The van der Waals surface area contributed by atoms with Gasteiger partial charge in [0.15, 0.2) is 0 Å². The average Bonchev–Trinajstić information content (AvgIpc) is 2.39. The summed E-state index contributed by atoms with van der Waals surface area (Å²) in [4.78, 5) is 0. The van der Waals surface area contributed by atoms with Gasteiger partial charge in [0.05, 0.1) is 17.4 Å². The van der Waals surface area contributed by atoms with Crippen molar-refractivity contribution in [1.29, 1.82) is 5.26 Å². The number of rotatable bonds is 3. The van der Waals surface area contributed by atoms with Crippen molar-refractivity contribution < 1.29 is 5.11 Å². The molecule has 1 saturated carbocycles. The zero-order valence-electron chi connectivity index (χ0n) is 10.2. The monoisotopic (exact) mass is 308 g/mol. The van der Waals surface area contributed by atoms with Gasteiger partial charge in [0.25, 0.3) is 0 Å². The molecule has 1 fully saturated rings. The van der Waals surface area contributed by atoms with Gasteiger partial charge in [-0.3, -0.25) is 0 Å². The van der Waals surface area contributed by atoms with Crippen LogP contribution in [0.5, 0.6) is 0 Å². The van der Waals surface area contributed by atoms with Gasteiger partial charge in [0.1, 0.15) is 6.07 Å². The van der Waals surface area contributed by atoms with Crippen LogP contribution in [0.2, 0.25) is 0 Å². The number of hydrogen-bond donors (Lipinski definition) is 2. The van der Waals surface area contributed by atoms with Gasteiger partial charge < -0.3 is 10.4 Å². The maximum Gasteiger partial charge on any atom is 0.101 e. The normalized spacial score (nSPS) is 23.4. The summed E-state index contributed by atoms with van der Waals surface area (Å²) in [6.45, 7) is 0.878. The van der Waals surface area contributed by atoms with Gasteiger partial charge in [-0.1, -0.05) is 15.9 Å². The SMILES string of the molecule is N#Cc1cc(Br)ccc1NCC1CCC(O)CC1. The molecule has 0 amide bonds. The highest BCUT2D eigenvalue weighted by Gasteiger charge is 2.19. The zero-order valence-corrected chi connectivity index (χ0v) is 11.8. The summed E-state index contributed by atoms with van der Waals surface area (Å²) in [5.74, 6) is 0.601. The second-order valence-electron chi connectivity index (χ2n) is 4.86. The first-order chi connectivity index (χ1) is 8.69. The highest BCUT2D eigenvalue weighted by atomic mass is 79.9. The highest BCUT2D eigenvalue weighted by molar-refractivity contribution is 9.10. The third-order valence-electron chi connectivity index (χ3n) is 3.50. The second-order valence-corrected chi connectivity index (χ2v) is 5.77. The summed E-state index contributed by atoms with van der Waals surface area (Å²) in [7, 11) is 0. The van der Waals surface area contributed by atoms with Crippen LogP contribution in [0.1, 0.15) is 31.2 Å². The van der Waals surface area contributed by atoms with Crippen LogP contribution in [-0.4, -0.2) is 17.8 Å². The van der Waals surface area contributed by atoms with Crippen LogP contribution in [0.4, 0.5) is 5.69 Å². The number of nitrogens with one attached hydrogen (secondary N) is 1. The Labute approximate surface area is 116 Å². The van der Waals surface area contributed by atoms with E-state index < -0.39 is 0 Å². The van der Waals surface area contributed by atoms with Crippen LogP contribution < -0.4 is 5.32 Å². The Balaban J connectivity index is 1.92. The van der Waals surface area contributed by atoms with Gasteiger partial charge in [-0.2, -0.15) is 5.26 Å². The minimum absolute atomic E-state index is 0.108. The molecule has 96 valence electrons. The minimum Gasteiger partial charge on any atom is -0.393 e. The molecule has 0 aromatic heterocycles. The Bertz CT molecular complexity index is 448. The molecule has 0 aliphatic heterocycles. The zero-order chi connectivity index (χ0) is 13.0. The molecule has 0 atom stereocenters. The van der Waals surface area contributed by atoms with E-state index in [1.807, 2.05) is 18.2 Å². The molecule has 0 unspecified atom stereocenters. The maximum absolute atomic E-state index is 9.46. The summed E-state index contributed by atoms with van der Waals surface area (Å²) in [6, 6.07) is 7.89. The van der Waals surface area contributed by atoms with Crippen molar-refractivity contribution >= 4 is 21.6 Å². The molecule has 1 aliphatic carbocycles. The Morgan fingerprint density at radius 2 is 2.06 bits per heavy atom. The third kappa shape index (κ3) is 3.47. The van der Waals surface area contributed by atoms with E-state index in [0.29, 0.717) is 11.5 Å². The number of halogens is 1. The van der Waals surface area contributed by atoms with E-state index >= 15 is 0 Å². The molecule has 2 rings (SSSR count). The largest absolute Gasteiger partial charge is 0.393 e. The molecule has 2 N–H and O–H groups in total. The van der Waals surface area contributed by atoms with E-state index in [0.717, 1.165) is 42.4 Å². The predicted octanol–water partition coefficient (Wildman–Crippen LogP) is 3.28. The Hall–Kier alpha value is -1.05. The van der Waals surface area contributed by atoms with Gasteiger partial charge in [-0.25, -0.2) is 0 Å². The van der Waals surface area contributed by atoms with E-state index in [2.05, 4.69) is 27.3 Å². The van der Waals surface area contributed by atoms with E-state index in [1.165, 1.54) is 0 Å². The van der Waals surface area contributed by atoms with Crippen molar-refractivity contribution in [3.05, 3.63) is 28.2 Å². The van der Waals surface area contributed by atoms with Crippen molar-refractivity contribution in [2.45, 2.75) is 31.8 Å².